The zero-order chi connectivity index (χ0) is 23.7. The van der Waals surface area contributed by atoms with E-state index in [1.54, 1.807) is 6.92 Å². The Labute approximate surface area is 213 Å². The Kier molecular flexibility index (Phi) is 7.79. The Balaban J connectivity index is 0.00000289. The second kappa shape index (κ2) is 10.8. The number of urea groups is 1. The van der Waals surface area contributed by atoms with Gasteiger partial charge in [0.05, 0.1) is 12.6 Å². The summed E-state index contributed by atoms with van der Waals surface area (Å²) in [6, 6.07) is 10.4. The number of carbonyl (C=O) groups excluding carboxylic acids is 2. The molecule has 3 heterocycles. The number of halogens is 1. The largest absolute Gasteiger partial charge is 0.356 e. The zero-order valence-corrected chi connectivity index (χ0v) is 21.3. The molecule has 35 heavy (non-hydrogen) atoms. The number of nitrogens with one attached hydrogen (secondary N) is 2. The number of aromatic nitrogens is 2. The summed E-state index contributed by atoms with van der Waals surface area (Å²) in [6.07, 6.45) is 5.89. The quantitative estimate of drug-likeness (QED) is 0.597. The number of imidazole rings is 1. The van der Waals surface area contributed by atoms with Gasteiger partial charge in [0.2, 0.25) is 5.91 Å². The standard InChI is InChI=1S/C26H34N6O2.ClH/c1-3-13-31-25-22(29-23(30-25)20-11-9-19(10-12-20)15-27-17(2)33)24-28-21(16-32(24)26(31)34)14-18-7-5-4-6-8-18;/h4-8,19-21H,3,9-16H2,1-2H3,(H,27,33)(H,29,30);1H/t19-,20-,21-;/m1./s1. The van der Waals surface area contributed by atoms with Gasteiger partial charge in [0, 0.05) is 25.9 Å². The molecular formula is C26H35ClN6O2. The molecule has 2 aromatic rings. The molecule has 1 aliphatic carbocycles. The van der Waals surface area contributed by atoms with Crippen LogP contribution in [-0.4, -0.2) is 58.3 Å². The van der Waals surface area contributed by atoms with E-state index < -0.39 is 0 Å². The van der Waals surface area contributed by atoms with E-state index in [9.17, 15) is 9.59 Å². The maximum Gasteiger partial charge on any atom is 0.331 e. The summed E-state index contributed by atoms with van der Waals surface area (Å²) in [5.74, 6) is 3.34. The summed E-state index contributed by atoms with van der Waals surface area (Å²) in [5.41, 5.74) is 2.12. The van der Waals surface area contributed by atoms with Crippen molar-refractivity contribution < 1.29 is 9.59 Å². The topological polar surface area (TPSA) is 93.7 Å². The third-order valence-corrected chi connectivity index (χ3v) is 7.23. The van der Waals surface area contributed by atoms with Crippen LogP contribution in [0.15, 0.2) is 35.3 Å². The van der Waals surface area contributed by atoms with Gasteiger partial charge in [0.15, 0.2) is 11.7 Å². The van der Waals surface area contributed by atoms with Crippen molar-refractivity contribution in [3.05, 3.63) is 47.4 Å². The summed E-state index contributed by atoms with van der Waals surface area (Å²) in [6.45, 7) is 5.66. The Hall–Kier alpha value is -2.87. The number of carbonyl (C=O) groups is 2. The zero-order valence-electron chi connectivity index (χ0n) is 20.5. The predicted octanol–water partition coefficient (Wildman–Crippen LogP) is 4.26. The SMILES string of the molecule is CCCN1C(=O)N2C[C@@H](Cc3ccccc3)N=C2c2[nH]c([C@H]3CC[C@H](CNC(C)=O)CC3)nc21.Cl. The first-order valence-electron chi connectivity index (χ1n) is 12.6. The van der Waals surface area contributed by atoms with Gasteiger partial charge in [0.25, 0.3) is 0 Å². The molecule has 0 unspecified atom stereocenters. The van der Waals surface area contributed by atoms with Crippen molar-refractivity contribution in [3.8, 4) is 0 Å². The highest BCUT2D eigenvalue weighted by Crippen LogP contribution is 2.38. The van der Waals surface area contributed by atoms with E-state index in [1.807, 2.05) is 28.0 Å². The van der Waals surface area contributed by atoms with Crippen LogP contribution >= 0.6 is 12.4 Å². The molecule has 1 aromatic heterocycles. The van der Waals surface area contributed by atoms with Gasteiger partial charge in [0.1, 0.15) is 11.5 Å². The number of rotatable bonds is 7. The molecule has 8 nitrogen and oxygen atoms in total. The summed E-state index contributed by atoms with van der Waals surface area (Å²) in [7, 11) is 0. The third kappa shape index (κ3) is 5.22. The maximum atomic E-state index is 13.4. The predicted molar refractivity (Wildman–Crippen MR) is 139 cm³/mol. The Morgan fingerprint density at radius 3 is 2.60 bits per heavy atom. The first-order chi connectivity index (χ1) is 16.5. The van der Waals surface area contributed by atoms with Crippen LogP contribution in [0.1, 0.15) is 69.0 Å². The van der Waals surface area contributed by atoms with Crippen molar-refractivity contribution in [1.29, 1.82) is 0 Å². The molecule has 0 spiro atoms. The van der Waals surface area contributed by atoms with Gasteiger partial charge >= 0.3 is 6.03 Å². The van der Waals surface area contributed by atoms with Crippen molar-refractivity contribution in [2.24, 2.45) is 10.9 Å². The molecule has 1 aromatic carbocycles. The van der Waals surface area contributed by atoms with Crippen LogP contribution in [0.5, 0.6) is 0 Å². The molecule has 9 heteroatoms. The molecule has 2 N–H and O–H groups in total. The van der Waals surface area contributed by atoms with E-state index in [-0.39, 0.29) is 30.4 Å². The highest BCUT2D eigenvalue weighted by molar-refractivity contribution is 6.18. The van der Waals surface area contributed by atoms with Gasteiger partial charge in [-0.3, -0.25) is 19.6 Å². The molecule has 0 radical (unpaired) electrons. The van der Waals surface area contributed by atoms with Crippen LogP contribution in [0.2, 0.25) is 0 Å². The summed E-state index contributed by atoms with van der Waals surface area (Å²) in [4.78, 5) is 41.8. The summed E-state index contributed by atoms with van der Waals surface area (Å²) in [5, 5.41) is 2.95. The summed E-state index contributed by atoms with van der Waals surface area (Å²) >= 11 is 0. The minimum Gasteiger partial charge on any atom is -0.356 e. The van der Waals surface area contributed by atoms with E-state index in [0.29, 0.717) is 24.9 Å². The van der Waals surface area contributed by atoms with Crippen LogP contribution in [0, 0.1) is 5.92 Å². The number of fused-ring (bicyclic) bond motifs is 3. The van der Waals surface area contributed by atoms with Crippen LogP contribution in [0.25, 0.3) is 0 Å². The molecule has 0 saturated heterocycles. The molecule has 5 rings (SSSR count). The van der Waals surface area contributed by atoms with E-state index in [1.165, 1.54) is 5.56 Å². The molecule has 1 fully saturated rings. The lowest BCUT2D eigenvalue weighted by Gasteiger charge is -2.32. The third-order valence-electron chi connectivity index (χ3n) is 7.23. The molecule has 0 bridgehead atoms. The van der Waals surface area contributed by atoms with Crippen LogP contribution in [0.3, 0.4) is 0 Å². The lowest BCUT2D eigenvalue weighted by Crippen LogP contribution is -2.50. The number of aliphatic imine (C=N–C) groups is 1. The number of H-pyrrole nitrogens is 1. The normalized spacial score (nSPS) is 23.3. The van der Waals surface area contributed by atoms with Crippen molar-refractivity contribution in [2.75, 3.05) is 24.5 Å². The van der Waals surface area contributed by atoms with Crippen LogP contribution in [0.4, 0.5) is 10.6 Å². The van der Waals surface area contributed by atoms with Crippen molar-refractivity contribution >= 4 is 36.0 Å². The Bertz CT molecular complexity index is 1080. The lowest BCUT2D eigenvalue weighted by atomic mass is 9.81. The van der Waals surface area contributed by atoms with Gasteiger partial charge in [-0.05, 0) is 50.0 Å². The number of aromatic amines is 1. The average molecular weight is 499 g/mol. The second-order valence-electron chi connectivity index (χ2n) is 9.82. The van der Waals surface area contributed by atoms with Gasteiger partial charge in [-0.2, -0.15) is 0 Å². The Morgan fingerprint density at radius 2 is 1.91 bits per heavy atom. The molecule has 3 aliphatic rings. The van der Waals surface area contributed by atoms with E-state index in [2.05, 4.69) is 29.4 Å². The number of nitrogens with zero attached hydrogens (tertiary/aromatic N) is 4. The number of amides is 3. The highest BCUT2D eigenvalue weighted by atomic mass is 35.5. The average Bonchev–Trinajstić information content (AvgIpc) is 3.46. The van der Waals surface area contributed by atoms with Gasteiger partial charge in [-0.25, -0.2) is 9.78 Å². The first-order valence-corrected chi connectivity index (χ1v) is 12.6. The summed E-state index contributed by atoms with van der Waals surface area (Å²) < 4.78 is 0. The second-order valence-corrected chi connectivity index (χ2v) is 9.82. The van der Waals surface area contributed by atoms with E-state index >= 15 is 0 Å². The number of amidine groups is 1. The minimum atomic E-state index is -0.0132. The molecule has 1 atom stereocenters. The number of hydrogen-bond acceptors (Lipinski definition) is 4. The molecule has 1 saturated carbocycles. The molecule has 3 amide bonds. The first kappa shape index (κ1) is 25.2. The van der Waals surface area contributed by atoms with Crippen LogP contribution in [-0.2, 0) is 11.2 Å². The lowest BCUT2D eigenvalue weighted by molar-refractivity contribution is -0.119. The van der Waals surface area contributed by atoms with Crippen molar-refractivity contribution in [2.45, 2.75) is 64.3 Å². The monoisotopic (exact) mass is 498 g/mol. The van der Waals surface area contributed by atoms with Gasteiger partial charge in [-0.1, -0.05) is 37.3 Å². The highest BCUT2D eigenvalue weighted by Gasteiger charge is 2.42. The van der Waals surface area contributed by atoms with E-state index in [4.69, 9.17) is 9.98 Å². The van der Waals surface area contributed by atoms with E-state index in [0.717, 1.165) is 68.2 Å². The molecular weight excluding hydrogens is 464 g/mol. The van der Waals surface area contributed by atoms with Gasteiger partial charge < -0.3 is 10.3 Å². The number of anilines is 1. The maximum absolute atomic E-state index is 13.4. The fourth-order valence-electron chi connectivity index (χ4n) is 5.46. The van der Waals surface area contributed by atoms with Crippen LogP contribution < -0.4 is 10.2 Å². The van der Waals surface area contributed by atoms with Crippen molar-refractivity contribution in [1.82, 2.24) is 20.2 Å². The minimum absolute atomic E-state index is 0. The number of hydrogen-bond donors (Lipinski definition) is 2. The smallest absolute Gasteiger partial charge is 0.331 e. The van der Waals surface area contributed by atoms with Crippen molar-refractivity contribution in [3.63, 3.8) is 0 Å². The molecule has 188 valence electrons. The fourth-order valence-corrected chi connectivity index (χ4v) is 5.46. The molecule has 2 aliphatic heterocycles. The Morgan fingerprint density at radius 1 is 1.17 bits per heavy atom. The van der Waals surface area contributed by atoms with Gasteiger partial charge in [-0.15, -0.1) is 12.4 Å². The number of benzene rings is 1. The fraction of sp³-hybridized carbons (Fsp3) is 0.538.